The Kier molecular flexibility index (Phi) is 6.41. The van der Waals surface area contributed by atoms with E-state index in [0.29, 0.717) is 22.9 Å². The molecule has 180 valence electrons. The minimum absolute atomic E-state index is 0.131. The van der Waals surface area contributed by atoms with Gasteiger partial charge in [0.25, 0.3) is 5.91 Å². The summed E-state index contributed by atoms with van der Waals surface area (Å²) in [6.07, 6.45) is 10.7. The number of nitrogens with one attached hydrogen (secondary N) is 1. The summed E-state index contributed by atoms with van der Waals surface area (Å²) in [7, 11) is 1.88. The number of carbonyl (C=O) groups excluding carboxylic acids is 1. The summed E-state index contributed by atoms with van der Waals surface area (Å²) in [5.41, 5.74) is 2.83. The van der Waals surface area contributed by atoms with E-state index in [9.17, 15) is 4.79 Å². The molecule has 0 bridgehead atoms. The maximum atomic E-state index is 12.5. The van der Waals surface area contributed by atoms with Gasteiger partial charge in [-0.1, -0.05) is 0 Å². The lowest BCUT2D eigenvalue weighted by atomic mass is 10.1. The third kappa shape index (κ3) is 5.14. The third-order valence-corrected chi connectivity index (χ3v) is 6.33. The third-order valence-electron chi connectivity index (χ3n) is 6.33. The van der Waals surface area contributed by atoms with Crippen molar-refractivity contribution in [2.45, 2.75) is 38.8 Å². The van der Waals surface area contributed by atoms with E-state index in [4.69, 9.17) is 9.72 Å². The quantitative estimate of drug-likeness (QED) is 0.455. The van der Waals surface area contributed by atoms with Crippen LogP contribution in [0.5, 0.6) is 5.75 Å². The smallest absolute Gasteiger partial charge is 0.256 e. The first-order valence-corrected chi connectivity index (χ1v) is 11.9. The number of hydrogen-bond acceptors (Lipinski definition) is 7. The van der Waals surface area contributed by atoms with Crippen LogP contribution in [0.2, 0.25) is 0 Å². The molecular formula is C26H29N7O2. The fraction of sp³-hybridized carbons (Fsp3) is 0.346. The molecule has 0 atom stereocenters. The Bertz CT molecular complexity index is 1330. The van der Waals surface area contributed by atoms with Gasteiger partial charge < -0.3 is 15.0 Å². The molecule has 0 aromatic carbocycles. The van der Waals surface area contributed by atoms with Crippen molar-refractivity contribution in [2.75, 3.05) is 18.4 Å². The highest BCUT2D eigenvalue weighted by molar-refractivity contribution is 6.04. The van der Waals surface area contributed by atoms with E-state index >= 15 is 0 Å². The number of piperidine rings is 1. The average molecular weight is 472 g/mol. The molecule has 9 heteroatoms. The van der Waals surface area contributed by atoms with Crippen molar-refractivity contribution < 1.29 is 9.53 Å². The van der Waals surface area contributed by atoms with Gasteiger partial charge in [-0.15, -0.1) is 0 Å². The summed E-state index contributed by atoms with van der Waals surface area (Å²) in [5.74, 6) is 0.905. The van der Waals surface area contributed by atoms with Crippen molar-refractivity contribution in [1.29, 1.82) is 0 Å². The number of fused-ring (bicyclic) bond motifs is 1. The summed E-state index contributed by atoms with van der Waals surface area (Å²) in [6, 6.07) is 7.62. The summed E-state index contributed by atoms with van der Waals surface area (Å²) >= 11 is 0. The van der Waals surface area contributed by atoms with Crippen molar-refractivity contribution in [1.82, 2.24) is 29.6 Å². The number of aromatic nitrogens is 5. The van der Waals surface area contributed by atoms with Crippen molar-refractivity contribution >= 4 is 22.6 Å². The van der Waals surface area contributed by atoms with E-state index in [1.165, 1.54) is 0 Å². The number of amides is 1. The maximum absolute atomic E-state index is 12.5. The molecule has 0 saturated carbocycles. The number of hydrogen-bond donors (Lipinski definition) is 1. The Morgan fingerprint density at radius 2 is 1.91 bits per heavy atom. The molecule has 35 heavy (non-hydrogen) atoms. The Morgan fingerprint density at radius 1 is 1.14 bits per heavy atom. The first kappa shape index (κ1) is 22.9. The zero-order chi connectivity index (χ0) is 24.4. The Balaban J connectivity index is 1.44. The van der Waals surface area contributed by atoms with Crippen LogP contribution in [0.1, 0.15) is 37.0 Å². The first-order chi connectivity index (χ1) is 17.0. The monoisotopic (exact) mass is 471 g/mol. The molecule has 0 spiro atoms. The van der Waals surface area contributed by atoms with Crippen LogP contribution >= 0.6 is 0 Å². The zero-order valence-electron chi connectivity index (χ0n) is 20.2. The first-order valence-electron chi connectivity index (χ1n) is 11.9. The Labute approximate surface area is 204 Å². The second kappa shape index (κ2) is 9.79. The highest BCUT2D eigenvalue weighted by Crippen LogP contribution is 2.33. The fourth-order valence-corrected chi connectivity index (χ4v) is 4.34. The van der Waals surface area contributed by atoms with Crippen molar-refractivity contribution in [3.63, 3.8) is 0 Å². The average Bonchev–Trinajstić information content (AvgIpc) is 3.30. The molecule has 1 aliphatic heterocycles. The van der Waals surface area contributed by atoms with Crippen molar-refractivity contribution in [3.05, 3.63) is 60.8 Å². The topological polar surface area (TPSA) is 98.1 Å². The highest BCUT2D eigenvalue weighted by Gasteiger charge is 2.24. The van der Waals surface area contributed by atoms with Crippen LogP contribution in [0.3, 0.4) is 0 Å². The number of aryl methyl sites for hydroxylation is 1. The molecule has 9 nitrogen and oxygen atoms in total. The number of pyridine rings is 3. The Morgan fingerprint density at radius 3 is 2.60 bits per heavy atom. The molecule has 4 aromatic rings. The predicted molar refractivity (Wildman–Crippen MR) is 134 cm³/mol. The van der Waals surface area contributed by atoms with Gasteiger partial charge in [0, 0.05) is 73.5 Å². The molecule has 4 aromatic heterocycles. The molecule has 1 saturated heterocycles. The standard InChI is InChI=1S/C26H29N7O2/c1-17(2)33-10-6-21(7-11-33)35-23-12-19-14-28-24(31-26(34)18-4-8-27-9-5-18)13-22(19)30-25(23)20-15-29-32(3)16-20/h4-5,8-9,12-17,21H,6-7,10-11H2,1-3H3,(H,28,31,34). The van der Waals surface area contributed by atoms with Crippen LogP contribution in [-0.2, 0) is 7.05 Å². The van der Waals surface area contributed by atoms with Gasteiger partial charge in [0.2, 0.25) is 0 Å². The van der Waals surface area contributed by atoms with Gasteiger partial charge in [0.15, 0.2) is 0 Å². The normalized spacial score (nSPS) is 15.0. The SMILES string of the molecule is CC(C)N1CCC(Oc2cc3cnc(NC(=O)c4ccncc4)cc3nc2-c2cnn(C)c2)CC1. The van der Waals surface area contributed by atoms with E-state index in [1.54, 1.807) is 47.7 Å². The molecular weight excluding hydrogens is 442 g/mol. The van der Waals surface area contributed by atoms with Gasteiger partial charge in [-0.3, -0.25) is 14.5 Å². The molecule has 5 heterocycles. The highest BCUT2D eigenvalue weighted by atomic mass is 16.5. The van der Waals surface area contributed by atoms with Gasteiger partial charge in [0.1, 0.15) is 23.4 Å². The van der Waals surface area contributed by atoms with Gasteiger partial charge in [-0.25, -0.2) is 9.97 Å². The number of carbonyl (C=O) groups is 1. The molecule has 1 N–H and O–H groups in total. The van der Waals surface area contributed by atoms with Gasteiger partial charge >= 0.3 is 0 Å². The van der Waals surface area contributed by atoms with Crippen LogP contribution in [-0.4, -0.2) is 60.8 Å². The van der Waals surface area contributed by atoms with Crippen LogP contribution in [0.4, 0.5) is 5.82 Å². The molecule has 1 fully saturated rings. The van der Waals surface area contributed by atoms with Gasteiger partial charge in [0.05, 0.1) is 11.7 Å². The van der Waals surface area contributed by atoms with E-state index < -0.39 is 0 Å². The van der Waals surface area contributed by atoms with Crippen molar-refractivity contribution in [3.8, 4) is 17.0 Å². The summed E-state index contributed by atoms with van der Waals surface area (Å²) in [4.78, 5) is 28.3. The Hall–Kier alpha value is -3.85. The van der Waals surface area contributed by atoms with E-state index in [-0.39, 0.29) is 12.0 Å². The lowest BCUT2D eigenvalue weighted by molar-refractivity contribution is 0.0846. The number of likely N-dealkylation sites (tertiary alicyclic amines) is 1. The predicted octanol–water partition coefficient (Wildman–Crippen LogP) is 3.93. The molecule has 0 unspecified atom stereocenters. The summed E-state index contributed by atoms with van der Waals surface area (Å²) in [6.45, 7) is 6.51. The van der Waals surface area contributed by atoms with Crippen LogP contribution in [0.15, 0.2) is 55.2 Å². The van der Waals surface area contributed by atoms with Crippen molar-refractivity contribution in [2.24, 2.45) is 7.05 Å². The zero-order valence-corrected chi connectivity index (χ0v) is 20.2. The molecule has 1 aliphatic rings. The lowest BCUT2D eigenvalue weighted by Crippen LogP contribution is -2.41. The molecule has 1 amide bonds. The molecule has 5 rings (SSSR count). The summed E-state index contributed by atoms with van der Waals surface area (Å²) in [5, 5.41) is 8.00. The second-order valence-electron chi connectivity index (χ2n) is 9.14. The maximum Gasteiger partial charge on any atom is 0.256 e. The minimum Gasteiger partial charge on any atom is -0.488 e. The van der Waals surface area contributed by atoms with E-state index in [0.717, 1.165) is 48.3 Å². The van der Waals surface area contributed by atoms with E-state index in [2.05, 4.69) is 39.1 Å². The summed E-state index contributed by atoms with van der Waals surface area (Å²) < 4.78 is 8.26. The number of rotatable bonds is 6. The van der Waals surface area contributed by atoms with Crippen LogP contribution < -0.4 is 10.1 Å². The second-order valence-corrected chi connectivity index (χ2v) is 9.14. The molecule has 0 radical (unpaired) electrons. The minimum atomic E-state index is -0.251. The fourth-order valence-electron chi connectivity index (χ4n) is 4.34. The van der Waals surface area contributed by atoms with Crippen LogP contribution in [0, 0.1) is 0 Å². The lowest BCUT2D eigenvalue weighted by Gasteiger charge is -2.34. The largest absolute Gasteiger partial charge is 0.488 e. The van der Waals surface area contributed by atoms with Crippen LogP contribution in [0.25, 0.3) is 22.2 Å². The van der Waals surface area contributed by atoms with Gasteiger partial charge in [-0.2, -0.15) is 5.10 Å². The number of nitrogens with zero attached hydrogens (tertiary/aromatic N) is 6. The number of ether oxygens (including phenoxy) is 1. The molecule has 0 aliphatic carbocycles. The number of anilines is 1. The van der Waals surface area contributed by atoms with E-state index in [1.807, 2.05) is 19.3 Å². The van der Waals surface area contributed by atoms with Gasteiger partial charge in [-0.05, 0) is 44.9 Å².